The molecule has 3 heteroatoms. The molecule has 1 fully saturated rings. The van der Waals surface area contributed by atoms with E-state index in [1.807, 2.05) is 11.8 Å². The van der Waals surface area contributed by atoms with Crippen molar-refractivity contribution in [3.05, 3.63) is 29.8 Å². The maximum absolute atomic E-state index is 11.2. The first-order valence-corrected chi connectivity index (χ1v) is 6.65. The van der Waals surface area contributed by atoms with Crippen LogP contribution in [0, 0.1) is 5.41 Å². The molecule has 2 aliphatic rings. The molecule has 1 N–H and O–H groups in total. The highest BCUT2D eigenvalue weighted by Crippen LogP contribution is 2.55. The van der Waals surface area contributed by atoms with Crippen LogP contribution in [0.15, 0.2) is 29.2 Å². The van der Waals surface area contributed by atoms with Gasteiger partial charge in [-0.15, -0.1) is 11.8 Å². The molecule has 0 bridgehead atoms. The number of carboxylic acids is 1. The molecule has 1 aromatic carbocycles. The van der Waals surface area contributed by atoms with Gasteiger partial charge in [0.1, 0.15) is 0 Å². The van der Waals surface area contributed by atoms with Gasteiger partial charge in [0.15, 0.2) is 0 Å². The average molecular weight is 234 g/mol. The van der Waals surface area contributed by atoms with Gasteiger partial charge >= 0.3 is 5.97 Å². The predicted octanol–water partition coefficient (Wildman–Crippen LogP) is 3.13. The summed E-state index contributed by atoms with van der Waals surface area (Å²) >= 11 is 1.86. The second-order valence-electron chi connectivity index (χ2n) is 4.84. The smallest absolute Gasteiger partial charge is 0.309 e. The van der Waals surface area contributed by atoms with Gasteiger partial charge in [-0.2, -0.15) is 0 Å². The molecule has 1 aliphatic carbocycles. The number of rotatable bonds is 3. The van der Waals surface area contributed by atoms with Crippen molar-refractivity contribution in [2.24, 2.45) is 5.41 Å². The van der Waals surface area contributed by atoms with Crippen LogP contribution in [-0.4, -0.2) is 16.8 Å². The minimum Gasteiger partial charge on any atom is -0.481 e. The Bertz CT molecular complexity index is 437. The van der Waals surface area contributed by atoms with Crippen LogP contribution in [0.3, 0.4) is 0 Å². The van der Waals surface area contributed by atoms with Gasteiger partial charge in [0, 0.05) is 10.6 Å². The van der Waals surface area contributed by atoms with Crippen LogP contribution in [0.5, 0.6) is 0 Å². The highest BCUT2D eigenvalue weighted by Gasteiger charge is 2.51. The first-order chi connectivity index (χ1) is 7.71. The quantitative estimate of drug-likeness (QED) is 0.873. The van der Waals surface area contributed by atoms with Crippen molar-refractivity contribution in [2.45, 2.75) is 30.1 Å². The number of thioether (sulfide) groups is 1. The molecule has 1 aromatic rings. The van der Waals surface area contributed by atoms with E-state index in [-0.39, 0.29) is 5.41 Å². The van der Waals surface area contributed by atoms with Crippen molar-refractivity contribution in [3.63, 3.8) is 0 Å². The summed E-state index contributed by atoms with van der Waals surface area (Å²) in [6, 6.07) is 8.40. The van der Waals surface area contributed by atoms with Crippen LogP contribution in [-0.2, 0) is 4.79 Å². The molecule has 2 nitrogen and oxygen atoms in total. The summed E-state index contributed by atoms with van der Waals surface area (Å²) in [4.78, 5) is 12.5. The maximum atomic E-state index is 11.2. The fraction of sp³-hybridized carbons (Fsp3) is 0.462. The Kier molecular flexibility index (Phi) is 2.25. The van der Waals surface area contributed by atoms with Crippen LogP contribution in [0.1, 0.15) is 30.7 Å². The minimum absolute atomic E-state index is 0.386. The van der Waals surface area contributed by atoms with E-state index in [9.17, 15) is 9.90 Å². The molecule has 0 radical (unpaired) electrons. The van der Waals surface area contributed by atoms with Gasteiger partial charge in [0.25, 0.3) is 0 Å². The lowest BCUT2D eigenvalue weighted by atomic mass is 9.88. The largest absolute Gasteiger partial charge is 0.481 e. The van der Waals surface area contributed by atoms with E-state index in [1.54, 1.807) is 0 Å². The molecule has 0 aromatic heterocycles. The first kappa shape index (κ1) is 10.2. The standard InChI is InChI=1S/C13H14O2S/c14-12(15)13(5-6-13)7-9-8-16-11-4-2-1-3-10(9)11/h1-4,9H,5-8H2,(H,14,15). The van der Waals surface area contributed by atoms with Crippen LogP contribution in [0.2, 0.25) is 0 Å². The summed E-state index contributed by atoms with van der Waals surface area (Å²) in [6.45, 7) is 0. The Morgan fingerprint density at radius 1 is 1.44 bits per heavy atom. The molecule has 1 unspecified atom stereocenters. The lowest BCUT2D eigenvalue weighted by Gasteiger charge is -2.15. The molecular weight excluding hydrogens is 220 g/mol. The van der Waals surface area contributed by atoms with Crippen LogP contribution in [0.25, 0.3) is 0 Å². The molecule has 0 amide bonds. The summed E-state index contributed by atoms with van der Waals surface area (Å²) in [5.41, 5.74) is 0.975. The Balaban J connectivity index is 1.81. The van der Waals surface area contributed by atoms with Crippen molar-refractivity contribution >= 4 is 17.7 Å². The van der Waals surface area contributed by atoms with Gasteiger partial charge in [0.05, 0.1) is 5.41 Å². The molecule has 0 saturated heterocycles. The maximum Gasteiger partial charge on any atom is 0.309 e. The minimum atomic E-state index is -0.595. The fourth-order valence-electron chi connectivity index (χ4n) is 2.53. The summed E-state index contributed by atoms with van der Waals surface area (Å²) in [6.07, 6.45) is 2.56. The molecular formula is C13H14O2S. The number of hydrogen-bond donors (Lipinski definition) is 1. The molecule has 16 heavy (non-hydrogen) atoms. The SMILES string of the molecule is O=C(O)C1(CC2CSc3ccccc32)CC1. The second-order valence-corrected chi connectivity index (χ2v) is 5.90. The molecule has 0 spiro atoms. The van der Waals surface area contributed by atoms with Crippen molar-refractivity contribution in [2.75, 3.05) is 5.75 Å². The number of benzene rings is 1. The molecule has 3 rings (SSSR count). The van der Waals surface area contributed by atoms with E-state index >= 15 is 0 Å². The Labute approximate surface area is 99.1 Å². The fourth-order valence-corrected chi connectivity index (χ4v) is 3.78. The van der Waals surface area contributed by atoms with Gasteiger partial charge in [-0.3, -0.25) is 4.79 Å². The van der Waals surface area contributed by atoms with Gasteiger partial charge in [0.2, 0.25) is 0 Å². The Hall–Kier alpha value is -0.960. The normalized spacial score (nSPS) is 25.1. The van der Waals surface area contributed by atoms with Crippen LogP contribution >= 0.6 is 11.8 Å². The lowest BCUT2D eigenvalue weighted by Crippen LogP contribution is -2.18. The van der Waals surface area contributed by atoms with Crippen molar-refractivity contribution in [1.82, 2.24) is 0 Å². The van der Waals surface area contributed by atoms with Crippen molar-refractivity contribution in [1.29, 1.82) is 0 Å². The predicted molar refractivity (Wildman–Crippen MR) is 63.8 cm³/mol. The number of carboxylic acid groups (broad SMARTS) is 1. The number of aliphatic carboxylic acids is 1. The van der Waals surface area contributed by atoms with Gasteiger partial charge in [-0.05, 0) is 36.8 Å². The lowest BCUT2D eigenvalue weighted by molar-refractivity contribution is -0.143. The topological polar surface area (TPSA) is 37.3 Å². The zero-order valence-corrected chi connectivity index (χ0v) is 9.80. The molecule has 84 valence electrons. The molecule has 1 saturated carbocycles. The van der Waals surface area contributed by atoms with E-state index in [0.29, 0.717) is 5.92 Å². The summed E-state index contributed by atoms with van der Waals surface area (Å²) in [7, 11) is 0. The monoisotopic (exact) mass is 234 g/mol. The van der Waals surface area contributed by atoms with E-state index in [0.717, 1.165) is 25.0 Å². The number of carbonyl (C=O) groups is 1. The second kappa shape index (κ2) is 3.52. The third-order valence-electron chi connectivity index (χ3n) is 3.74. The van der Waals surface area contributed by atoms with E-state index in [2.05, 4.69) is 24.3 Å². The molecule has 1 aliphatic heterocycles. The number of hydrogen-bond acceptors (Lipinski definition) is 2. The van der Waals surface area contributed by atoms with Gasteiger partial charge in [-0.1, -0.05) is 18.2 Å². The summed E-state index contributed by atoms with van der Waals surface area (Å²) in [5.74, 6) is 0.899. The van der Waals surface area contributed by atoms with Crippen molar-refractivity contribution in [3.8, 4) is 0 Å². The molecule has 1 heterocycles. The van der Waals surface area contributed by atoms with E-state index < -0.39 is 5.97 Å². The summed E-state index contributed by atoms with van der Waals surface area (Å²) in [5, 5.41) is 9.21. The zero-order valence-electron chi connectivity index (χ0n) is 8.98. The third-order valence-corrected chi connectivity index (χ3v) is 5.00. The first-order valence-electron chi connectivity index (χ1n) is 5.66. The van der Waals surface area contributed by atoms with Gasteiger partial charge < -0.3 is 5.11 Å². The average Bonchev–Trinajstić information content (AvgIpc) is 2.96. The molecule has 1 atom stereocenters. The van der Waals surface area contributed by atoms with Gasteiger partial charge in [-0.25, -0.2) is 0 Å². The zero-order chi connectivity index (χ0) is 11.2. The Morgan fingerprint density at radius 2 is 2.19 bits per heavy atom. The van der Waals surface area contributed by atoms with E-state index in [4.69, 9.17) is 0 Å². The van der Waals surface area contributed by atoms with Crippen LogP contribution < -0.4 is 0 Å². The Morgan fingerprint density at radius 3 is 2.88 bits per heavy atom. The van der Waals surface area contributed by atoms with Crippen molar-refractivity contribution < 1.29 is 9.90 Å². The number of fused-ring (bicyclic) bond motifs is 1. The third kappa shape index (κ3) is 1.54. The highest BCUT2D eigenvalue weighted by atomic mass is 32.2. The summed E-state index contributed by atoms with van der Waals surface area (Å²) < 4.78 is 0. The van der Waals surface area contributed by atoms with E-state index in [1.165, 1.54) is 10.5 Å². The highest BCUT2D eigenvalue weighted by molar-refractivity contribution is 7.99. The van der Waals surface area contributed by atoms with Crippen LogP contribution in [0.4, 0.5) is 0 Å².